The van der Waals surface area contributed by atoms with Crippen molar-refractivity contribution in [1.29, 1.82) is 0 Å². The summed E-state index contributed by atoms with van der Waals surface area (Å²) in [4.78, 5) is 10.8. The Bertz CT molecular complexity index is 372. The van der Waals surface area contributed by atoms with E-state index in [-0.39, 0.29) is 6.54 Å². The quantitative estimate of drug-likeness (QED) is 0.542. The first-order valence-electron chi connectivity index (χ1n) is 6.98. The van der Waals surface area contributed by atoms with Gasteiger partial charge >= 0.3 is 5.97 Å². The zero-order chi connectivity index (χ0) is 13.4. The van der Waals surface area contributed by atoms with Gasteiger partial charge < -0.3 is 5.11 Å². The molecule has 0 bridgehead atoms. The van der Waals surface area contributed by atoms with E-state index in [9.17, 15) is 4.79 Å². The summed E-state index contributed by atoms with van der Waals surface area (Å²) in [5.41, 5.74) is 0. The molecule has 0 spiro atoms. The maximum atomic E-state index is 10.8. The lowest BCUT2D eigenvalue weighted by molar-refractivity contribution is -0.692. The molecule has 0 aliphatic carbocycles. The van der Waals surface area contributed by atoms with E-state index in [1.54, 1.807) is 0 Å². The molecule has 0 atom stereocenters. The SMILES string of the molecule is CCCCCc1n(CCCC)cc[n+]1CC(=O)O. The van der Waals surface area contributed by atoms with Gasteiger partial charge in [0.1, 0.15) is 12.4 Å². The van der Waals surface area contributed by atoms with Crippen molar-refractivity contribution < 1.29 is 14.5 Å². The third-order valence-corrected chi connectivity index (χ3v) is 3.15. The van der Waals surface area contributed by atoms with Crippen molar-refractivity contribution in [3.05, 3.63) is 18.2 Å². The number of carbonyl (C=O) groups is 1. The molecule has 18 heavy (non-hydrogen) atoms. The first-order chi connectivity index (χ1) is 8.69. The Morgan fingerprint density at radius 1 is 1.28 bits per heavy atom. The summed E-state index contributed by atoms with van der Waals surface area (Å²) in [7, 11) is 0. The number of aryl methyl sites for hydroxylation is 1. The molecular formula is C14H25N2O2+. The van der Waals surface area contributed by atoms with Gasteiger partial charge in [-0.15, -0.1) is 0 Å². The molecule has 1 rings (SSSR count). The fourth-order valence-electron chi connectivity index (χ4n) is 2.14. The lowest BCUT2D eigenvalue weighted by atomic mass is 10.2. The summed E-state index contributed by atoms with van der Waals surface area (Å²) in [6.07, 6.45) is 10.7. The largest absolute Gasteiger partial charge is 0.478 e. The van der Waals surface area contributed by atoms with E-state index in [2.05, 4.69) is 18.4 Å². The van der Waals surface area contributed by atoms with Crippen LogP contribution in [0.2, 0.25) is 0 Å². The van der Waals surface area contributed by atoms with E-state index >= 15 is 0 Å². The van der Waals surface area contributed by atoms with Crippen LogP contribution in [0, 0.1) is 0 Å². The van der Waals surface area contributed by atoms with Crippen LogP contribution in [0.25, 0.3) is 0 Å². The minimum atomic E-state index is -0.773. The third kappa shape index (κ3) is 4.51. The van der Waals surface area contributed by atoms with Gasteiger partial charge in [-0.25, -0.2) is 13.9 Å². The molecule has 4 heteroatoms. The number of unbranched alkanes of at least 4 members (excludes halogenated alkanes) is 3. The Morgan fingerprint density at radius 3 is 2.61 bits per heavy atom. The second-order valence-electron chi connectivity index (χ2n) is 4.74. The molecule has 0 unspecified atom stereocenters. The molecule has 0 saturated heterocycles. The van der Waals surface area contributed by atoms with Crippen molar-refractivity contribution in [3.8, 4) is 0 Å². The number of carboxylic acid groups (broad SMARTS) is 1. The molecule has 1 heterocycles. The summed E-state index contributed by atoms with van der Waals surface area (Å²) < 4.78 is 4.08. The first-order valence-corrected chi connectivity index (χ1v) is 6.98. The number of hydrogen-bond acceptors (Lipinski definition) is 1. The van der Waals surface area contributed by atoms with Crippen LogP contribution in [-0.4, -0.2) is 15.6 Å². The van der Waals surface area contributed by atoms with Crippen LogP contribution < -0.4 is 4.57 Å². The van der Waals surface area contributed by atoms with Crippen LogP contribution in [0.5, 0.6) is 0 Å². The molecule has 0 aromatic carbocycles. The van der Waals surface area contributed by atoms with E-state index < -0.39 is 5.97 Å². The Hall–Kier alpha value is -1.32. The monoisotopic (exact) mass is 253 g/mol. The van der Waals surface area contributed by atoms with Gasteiger partial charge in [0.05, 0.1) is 6.54 Å². The normalized spacial score (nSPS) is 10.8. The number of imidazole rings is 1. The molecule has 1 aromatic heterocycles. The molecule has 102 valence electrons. The van der Waals surface area contributed by atoms with Gasteiger partial charge in [-0.2, -0.15) is 0 Å². The van der Waals surface area contributed by atoms with Crippen molar-refractivity contribution in [3.63, 3.8) is 0 Å². The second kappa shape index (κ2) is 7.90. The lowest BCUT2D eigenvalue weighted by Crippen LogP contribution is -2.40. The van der Waals surface area contributed by atoms with Crippen LogP contribution in [0.3, 0.4) is 0 Å². The molecule has 1 N–H and O–H groups in total. The predicted molar refractivity (Wildman–Crippen MR) is 70.4 cm³/mol. The predicted octanol–water partition coefficient (Wildman–Crippen LogP) is 2.39. The van der Waals surface area contributed by atoms with Crippen molar-refractivity contribution in [2.45, 2.75) is 65.5 Å². The number of carboxylic acids is 1. The minimum Gasteiger partial charge on any atom is -0.478 e. The zero-order valence-electron chi connectivity index (χ0n) is 11.6. The van der Waals surface area contributed by atoms with Crippen LogP contribution in [0.1, 0.15) is 51.8 Å². The Morgan fingerprint density at radius 2 is 2.00 bits per heavy atom. The number of aromatic nitrogens is 2. The van der Waals surface area contributed by atoms with Gasteiger partial charge in [-0.1, -0.05) is 33.1 Å². The average Bonchev–Trinajstić information content (AvgIpc) is 2.69. The van der Waals surface area contributed by atoms with Gasteiger partial charge in [0.15, 0.2) is 6.54 Å². The molecule has 0 saturated carbocycles. The summed E-state index contributed by atoms with van der Waals surface area (Å²) in [5.74, 6) is 0.379. The van der Waals surface area contributed by atoms with Crippen LogP contribution in [0.4, 0.5) is 0 Å². The summed E-state index contributed by atoms with van der Waals surface area (Å²) >= 11 is 0. The van der Waals surface area contributed by atoms with E-state index in [1.807, 2.05) is 17.0 Å². The molecule has 0 fully saturated rings. The van der Waals surface area contributed by atoms with Gasteiger partial charge in [0.2, 0.25) is 0 Å². The van der Waals surface area contributed by atoms with Crippen molar-refractivity contribution in [2.24, 2.45) is 0 Å². The highest BCUT2D eigenvalue weighted by Gasteiger charge is 2.18. The maximum Gasteiger partial charge on any atom is 0.346 e. The highest BCUT2D eigenvalue weighted by Crippen LogP contribution is 2.06. The van der Waals surface area contributed by atoms with E-state index in [0.717, 1.165) is 38.1 Å². The Labute approximate surface area is 109 Å². The van der Waals surface area contributed by atoms with Gasteiger partial charge in [0, 0.05) is 6.42 Å². The fourth-order valence-corrected chi connectivity index (χ4v) is 2.14. The highest BCUT2D eigenvalue weighted by molar-refractivity contribution is 5.64. The third-order valence-electron chi connectivity index (χ3n) is 3.15. The number of rotatable bonds is 9. The Balaban J connectivity index is 2.75. The van der Waals surface area contributed by atoms with Gasteiger partial charge in [-0.3, -0.25) is 0 Å². The molecular weight excluding hydrogens is 228 g/mol. The summed E-state index contributed by atoms with van der Waals surface area (Å²) in [6.45, 7) is 5.41. The van der Waals surface area contributed by atoms with E-state index in [1.165, 1.54) is 12.8 Å². The Kier molecular flexibility index (Phi) is 6.47. The van der Waals surface area contributed by atoms with Crippen LogP contribution in [-0.2, 0) is 24.3 Å². The average molecular weight is 253 g/mol. The minimum absolute atomic E-state index is 0.0700. The van der Waals surface area contributed by atoms with Crippen molar-refractivity contribution in [2.75, 3.05) is 0 Å². The second-order valence-corrected chi connectivity index (χ2v) is 4.74. The molecule has 4 nitrogen and oxygen atoms in total. The van der Waals surface area contributed by atoms with E-state index in [0.29, 0.717) is 0 Å². The zero-order valence-corrected chi connectivity index (χ0v) is 11.6. The number of hydrogen-bond donors (Lipinski definition) is 1. The number of aliphatic carboxylic acids is 1. The van der Waals surface area contributed by atoms with Crippen LogP contribution >= 0.6 is 0 Å². The maximum absolute atomic E-state index is 10.8. The van der Waals surface area contributed by atoms with Gasteiger partial charge in [0.25, 0.3) is 5.82 Å². The smallest absolute Gasteiger partial charge is 0.346 e. The van der Waals surface area contributed by atoms with Crippen LogP contribution in [0.15, 0.2) is 12.4 Å². The standard InChI is InChI=1S/C14H24N2O2/c1-3-5-7-8-13-15(9-6-4-2)10-11-16(13)12-14(17)18/h10-11H,3-9,12H2,1-2H3/p+1. The first kappa shape index (κ1) is 14.7. The summed E-state index contributed by atoms with van der Waals surface area (Å²) in [5, 5.41) is 8.92. The molecule has 0 amide bonds. The molecule has 1 aromatic rings. The number of nitrogens with zero attached hydrogens (tertiary/aromatic N) is 2. The summed E-state index contributed by atoms with van der Waals surface area (Å²) in [6, 6.07) is 0. The van der Waals surface area contributed by atoms with Gasteiger partial charge in [-0.05, 0) is 12.8 Å². The topological polar surface area (TPSA) is 46.1 Å². The molecule has 0 aliphatic rings. The van der Waals surface area contributed by atoms with Crippen molar-refractivity contribution >= 4 is 5.97 Å². The fraction of sp³-hybridized carbons (Fsp3) is 0.714. The highest BCUT2D eigenvalue weighted by atomic mass is 16.4. The van der Waals surface area contributed by atoms with Crippen molar-refractivity contribution in [1.82, 2.24) is 4.57 Å². The van der Waals surface area contributed by atoms with E-state index in [4.69, 9.17) is 5.11 Å². The molecule has 0 radical (unpaired) electrons. The lowest BCUT2D eigenvalue weighted by Gasteiger charge is -2.03. The molecule has 0 aliphatic heterocycles.